The lowest BCUT2D eigenvalue weighted by molar-refractivity contribution is -0.131. The van der Waals surface area contributed by atoms with Gasteiger partial charge in [-0.25, -0.2) is 4.79 Å². The topological polar surface area (TPSA) is 79.3 Å². The second-order valence-corrected chi connectivity index (χ2v) is 6.09. The molecular formula is C12H16BrN5O2. The fourth-order valence-corrected chi connectivity index (χ4v) is 3.26. The number of rotatable bonds is 2. The van der Waals surface area contributed by atoms with Gasteiger partial charge in [0.05, 0.1) is 22.4 Å². The Hall–Kier alpha value is -1.41. The highest BCUT2D eigenvalue weighted by atomic mass is 79.9. The van der Waals surface area contributed by atoms with Crippen LogP contribution < -0.4 is 10.6 Å². The normalized spacial score (nSPS) is 25.9. The molecule has 20 heavy (non-hydrogen) atoms. The molecule has 108 valence electrons. The lowest BCUT2D eigenvalue weighted by atomic mass is 9.99. The monoisotopic (exact) mass is 341 g/mol. The first kappa shape index (κ1) is 13.6. The molecule has 3 amide bonds. The molecule has 2 aliphatic heterocycles. The molecule has 1 spiro atoms. The van der Waals surface area contributed by atoms with Gasteiger partial charge in [-0.1, -0.05) is 0 Å². The zero-order valence-corrected chi connectivity index (χ0v) is 13.0. The van der Waals surface area contributed by atoms with Crippen LogP contribution >= 0.6 is 15.9 Å². The van der Waals surface area contributed by atoms with Gasteiger partial charge in [0.2, 0.25) is 0 Å². The number of urea groups is 1. The second kappa shape index (κ2) is 4.56. The van der Waals surface area contributed by atoms with E-state index in [-0.39, 0.29) is 18.5 Å². The number of hydrogen-bond acceptors (Lipinski definition) is 4. The molecule has 2 fully saturated rings. The summed E-state index contributed by atoms with van der Waals surface area (Å²) in [6.07, 6.45) is 0.639. The third-order valence-electron chi connectivity index (χ3n) is 3.97. The van der Waals surface area contributed by atoms with Gasteiger partial charge in [0.15, 0.2) is 0 Å². The van der Waals surface area contributed by atoms with E-state index in [1.165, 1.54) is 4.90 Å². The van der Waals surface area contributed by atoms with E-state index in [9.17, 15) is 9.59 Å². The van der Waals surface area contributed by atoms with Crippen LogP contribution in [0.3, 0.4) is 0 Å². The van der Waals surface area contributed by atoms with Crippen molar-refractivity contribution in [3.63, 3.8) is 0 Å². The van der Waals surface area contributed by atoms with Crippen LogP contribution in [0.2, 0.25) is 0 Å². The summed E-state index contributed by atoms with van der Waals surface area (Å²) in [7, 11) is 1.80. The number of aromatic nitrogens is 2. The SMILES string of the molecule is Cc1nn(C)c(CN2C(=O)NC3(CCNC3)C2=O)c1Br. The maximum atomic E-state index is 12.5. The standard InChI is InChI=1S/C12H16BrN5O2/c1-7-9(13)8(17(2)16-7)5-18-10(19)12(15-11(18)20)3-4-14-6-12/h14H,3-6H2,1-2H3,(H,15,20). The number of nitrogens with one attached hydrogen (secondary N) is 2. The Labute approximate surface area is 124 Å². The van der Waals surface area contributed by atoms with Crippen LogP contribution in [0.25, 0.3) is 0 Å². The molecule has 1 aromatic rings. The first-order valence-electron chi connectivity index (χ1n) is 6.47. The molecule has 0 radical (unpaired) electrons. The second-order valence-electron chi connectivity index (χ2n) is 5.30. The van der Waals surface area contributed by atoms with Crippen LogP contribution in [0.1, 0.15) is 17.8 Å². The Balaban J connectivity index is 1.88. The molecule has 2 aliphatic rings. The van der Waals surface area contributed by atoms with Gasteiger partial charge in [-0.3, -0.25) is 14.4 Å². The number of amides is 3. The summed E-state index contributed by atoms with van der Waals surface area (Å²) in [6, 6.07) is -0.329. The maximum absolute atomic E-state index is 12.5. The third-order valence-corrected chi connectivity index (χ3v) is 5.00. The summed E-state index contributed by atoms with van der Waals surface area (Å²) in [5.41, 5.74) is 0.901. The number of nitrogens with zero attached hydrogens (tertiary/aromatic N) is 3. The highest BCUT2D eigenvalue weighted by molar-refractivity contribution is 9.10. The Kier molecular flexibility index (Phi) is 3.09. The number of imide groups is 1. The fourth-order valence-electron chi connectivity index (χ4n) is 2.80. The average molecular weight is 342 g/mol. The molecule has 1 unspecified atom stereocenters. The van der Waals surface area contributed by atoms with E-state index < -0.39 is 5.54 Å². The van der Waals surface area contributed by atoms with Crippen LogP contribution in [-0.4, -0.2) is 45.2 Å². The van der Waals surface area contributed by atoms with E-state index in [0.717, 1.165) is 22.4 Å². The molecule has 2 saturated heterocycles. The number of carbonyl (C=O) groups is 2. The molecule has 2 N–H and O–H groups in total. The average Bonchev–Trinajstić information content (AvgIpc) is 3.01. The molecule has 1 atom stereocenters. The van der Waals surface area contributed by atoms with E-state index in [2.05, 4.69) is 31.7 Å². The molecule has 0 aromatic carbocycles. The zero-order chi connectivity index (χ0) is 14.5. The predicted octanol–water partition coefficient (Wildman–Crippen LogP) is 0.275. The van der Waals surface area contributed by atoms with Crippen molar-refractivity contribution < 1.29 is 9.59 Å². The Morgan fingerprint density at radius 2 is 2.20 bits per heavy atom. The molecule has 7 nitrogen and oxygen atoms in total. The van der Waals surface area contributed by atoms with E-state index in [1.54, 1.807) is 11.7 Å². The highest BCUT2D eigenvalue weighted by Gasteiger charge is 2.52. The number of hydrogen-bond donors (Lipinski definition) is 2. The smallest absolute Gasteiger partial charge is 0.322 e. The molecule has 0 saturated carbocycles. The van der Waals surface area contributed by atoms with Crippen LogP contribution in [-0.2, 0) is 18.4 Å². The van der Waals surface area contributed by atoms with Crippen LogP contribution in [0, 0.1) is 6.92 Å². The quantitative estimate of drug-likeness (QED) is 0.757. The third kappa shape index (κ3) is 1.86. The minimum Gasteiger partial charge on any atom is -0.322 e. The molecular weight excluding hydrogens is 326 g/mol. The van der Waals surface area contributed by atoms with Gasteiger partial charge in [0.25, 0.3) is 5.91 Å². The molecule has 0 aliphatic carbocycles. The van der Waals surface area contributed by atoms with Crippen molar-refractivity contribution in [3.05, 3.63) is 15.9 Å². The van der Waals surface area contributed by atoms with E-state index >= 15 is 0 Å². The minimum atomic E-state index is -0.753. The van der Waals surface area contributed by atoms with Crippen molar-refractivity contribution >= 4 is 27.9 Å². The van der Waals surface area contributed by atoms with Gasteiger partial charge in [-0.05, 0) is 35.8 Å². The zero-order valence-electron chi connectivity index (χ0n) is 11.4. The van der Waals surface area contributed by atoms with Crippen LogP contribution in [0.15, 0.2) is 4.47 Å². The van der Waals surface area contributed by atoms with Gasteiger partial charge in [0.1, 0.15) is 5.54 Å². The van der Waals surface area contributed by atoms with Crippen molar-refractivity contribution in [1.29, 1.82) is 0 Å². The van der Waals surface area contributed by atoms with Crippen LogP contribution in [0.4, 0.5) is 4.79 Å². The van der Waals surface area contributed by atoms with Crippen molar-refractivity contribution in [2.24, 2.45) is 7.05 Å². The summed E-state index contributed by atoms with van der Waals surface area (Å²) in [5.74, 6) is -0.154. The van der Waals surface area contributed by atoms with Gasteiger partial charge in [-0.2, -0.15) is 5.10 Å². The molecule has 0 bridgehead atoms. The van der Waals surface area contributed by atoms with Crippen molar-refractivity contribution in [1.82, 2.24) is 25.3 Å². The van der Waals surface area contributed by atoms with Gasteiger partial charge in [-0.15, -0.1) is 0 Å². The molecule has 1 aromatic heterocycles. The number of carbonyl (C=O) groups excluding carboxylic acids is 2. The van der Waals surface area contributed by atoms with Gasteiger partial charge >= 0.3 is 6.03 Å². The van der Waals surface area contributed by atoms with Crippen molar-refractivity contribution in [3.8, 4) is 0 Å². The minimum absolute atomic E-state index is 0.154. The van der Waals surface area contributed by atoms with E-state index in [4.69, 9.17) is 0 Å². The number of aryl methyl sites for hydroxylation is 2. The first-order chi connectivity index (χ1) is 9.44. The molecule has 3 rings (SSSR count). The highest BCUT2D eigenvalue weighted by Crippen LogP contribution is 2.28. The number of halogens is 1. The lowest BCUT2D eigenvalue weighted by Gasteiger charge is -2.19. The fraction of sp³-hybridized carbons (Fsp3) is 0.583. The Morgan fingerprint density at radius 3 is 2.75 bits per heavy atom. The van der Waals surface area contributed by atoms with E-state index in [1.807, 2.05) is 6.92 Å². The first-order valence-corrected chi connectivity index (χ1v) is 7.27. The van der Waals surface area contributed by atoms with Gasteiger partial charge < -0.3 is 10.6 Å². The predicted molar refractivity (Wildman–Crippen MR) is 74.9 cm³/mol. The summed E-state index contributed by atoms with van der Waals surface area (Å²) in [6.45, 7) is 3.35. The summed E-state index contributed by atoms with van der Waals surface area (Å²) in [5, 5.41) is 10.2. The van der Waals surface area contributed by atoms with Crippen molar-refractivity contribution in [2.45, 2.75) is 25.4 Å². The molecule has 3 heterocycles. The Bertz CT molecular complexity index is 591. The van der Waals surface area contributed by atoms with Gasteiger partial charge in [0, 0.05) is 13.6 Å². The molecule has 8 heteroatoms. The maximum Gasteiger partial charge on any atom is 0.325 e. The largest absolute Gasteiger partial charge is 0.325 e. The van der Waals surface area contributed by atoms with E-state index in [0.29, 0.717) is 13.0 Å². The lowest BCUT2D eigenvalue weighted by Crippen LogP contribution is -2.48. The van der Waals surface area contributed by atoms with Crippen molar-refractivity contribution in [2.75, 3.05) is 13.1 Å². The summed E-state index contributed by atoms with van der Waals surface area (Å²) >= 11 is 3.46. The Morgan fingerprint density at radius 1 is 1.45 bits per heavy atom. The van der Waals surface area contributed by atoms with Crippen LogP contribution in [0.5, 0.6) is 0 Å². The summed E-state index contributed by atoms with van der Waals surface area (Å²) < 4.78 is 2.53. The summed E-state index contributed by atoms with van der Waals surface area (Å²) in [4.78, 5) is 25.9.